The fraction of sp³-hybridized carbons (Fsp3) is 0.719. The van der Waals surface area contributed by atoms with Gasteiger partial charge < -0.3 is 20.3 Å². The van der Waals surface area contributed by atoms with Gasteiger partial charge in [-0.25, -0.2) is 0 Å². The maximum Gasteiger partial charge on any atom is 0.306 e. The molecule has 362 valence electrons. The number of aliphatic hydroxyl groups excluding tert-OH is 2. The van der Waals surface area contributed by atoms with Crippen molar-refractivity contribution in [1.29, 1.82) is 0 Å². The molecule has 0 rings (SSSR count). The molecule has 3 unspecified atom stereocenters. The number of esters is 1. The first-order chi connectivity index (χ1) is 31.0. The van der Waals surface area contributed by atoms with Crippen LogP contribution in [-0.2, 0) is 14.3 Å². The Balaban J connectivity index is 4.68. The number of carbonyl (C=O) groups excluding carboxylic acids is 2. The first-order valence-electron chi connectivity index (χ1n) is 26.4. The normalized spacial score (nSPS) is 13.9. The standard InChI is InChI=1S/C57H99NO5/c1-4-7-10-13-16-19-22-25-27-28-29-32-34-37-40-43-46-49-55(60)54(52-59)58-56(61)51-53(48-45-42-39-36-33-31-26-23-20-17-14-11-8-5-2)63-57(62)50-47-44-41-38-35-30-24-21-18-15-12-9-6-3/h9,12,15,18,21,24,30-31,33,35-36,38-39,41,53-55,59-60H,4-8,10-11,13-14,16-17,19-20,22-23,25-29,32,34,37,40,42-52H2,1-3H3,(H,58,61)/b12-9+,18-15+,24-21-,33-31+,35-30-,39-36+,41-38+. The summed E-state index contributed by atoms with van der Waals surface area (Å²) in [5.74, 6) is -0.612. The van der Waals surface area contributed by atoms with Crippen LogP contribution in [0.5, 0.6) is 0 Å². The largest absolute Gasteiger partial charge is 0.462 e. The number of rotatable bonds is 46. The molecular formula is C57H99NO5. The Bertz CT molecular complexity index is 1210. The van der Waals surface area contributed by atoms with Crippen molar-refractivity contribution in [3.8, 4) is 0 Å². The highest BCUT2D eigenvalue weighted by molar-refractivity contribution is 5.77. The molecule has 6 nitrogen and oxygen atoms in total. The van der Waals surface area contributed by atoms with Crippen molar-refractivity contribution in [3.63, 3.8) is 0 Å². The summed E-state index contributed by atoms with van der Waals surface area (Å²) in [5, 5.41) is 23.8. The molecule has 0 heterocycles. The molecule has 1 amide bonds. The molecule has 0 spiro atoms. The zero-order valence-corrected chi connectivity index (χ0v) is 41.2. The fourth-order valence-corrected chi connectivity index (χ4v) is 7.63. The predicted molar refractivity (Wildman–Crippen MR) is 273 cm³/mol. The van der Waals surface area contributed by atoms with Crippen LogP contribution in [0.3, 0.4) is 0 Å². The maximum atomic E-state index is 13.2. The number of hydrogen-bond donors (Lipinski definition) is 3. The number of ether oxygens (including phenoxy) is 1. The molecular weight excluding hydrogens is 779 g/mol. The van der Waals surface area contributed by atoms with Gasteiger partial charge in [0, 0.05) is 6.42 Å². The lowest BCUT2D eigenvalue weighted by Gasteiger charge is -2.24. The van der Waals surface area contributed by atoms with Gasteiger partial charge in [0.15, 0.2) is 0 Å². The van der Waals surface area contributed by atoms with Gasteiger partial charge in [0.2, 0.25) is 5.91 Å². The van der Waals surface area contributed by atoms with E-state index in [-0.39, 0.29) is 31.3 Å². The average Bonchev–Trinajstić information content (AvgIpc) is 3.28. The molecule has 3 N–H and O–H groups in total. The summed E-state index contributed by atoms with van der Waals surface area (Å²) in [6.45, 7) is 6.31. The molecule has 0 aromatic heterocycles. The summed E-state index contributed by atoms with van der Waals surface area (Å²) in [4.78, 5) is 26.1. The van der Waals surface area contributed by atoms with E-state index in [1.807, 2.05) is 54.7 Å². The van der Waals surface area contributed by atoms with Gasteiger partial charge >= 0.3 is 5.97 Å². The van der Waals surface area contributed by atoms with Gasteiger partial charge in [-0.3, -0.25) is 9.59 Å². The van der Waals surface area contributed by atoms with E-state index in [1.165, 1.54) is 135 Å². The molecule has 0 aromatic rings. The third-order valence-electron chi connectivity index (χ3n) is 11.6. The van der Waals surface area contributed by atoms with Crippen LogP contribution in [0.4, 0.5) is 0 Å². The van der Waals surface area contributed by atoms with Crippen molar-refractivity contribution in [2.24, 2.45) is 0 Å². The van der Waals surface area contributed by atoms with Gasteiger partial charge in [-0.1, -0.05) is 254 Å². The average molecular weight is 878 g/mol. The molecule has 0 radical (unpaired) electrons. The second-order valence-corrected chi connectivity index (χ2v) is 17.7. The van der Waals surface area contributed by atoms with Gasteiger partial charge in [0.25, 0.3) is 0 Å². The number of amides is 1. The van der Waals surface area contributed by atoms with Crippen molar-refractivity contribution in [3.05, 3.63) is 85.1 Å². The van der Waals surface area contributed by atoms with E-state index in [2.05, 4.69) is 56.5 Å². The van der Waals surface area contributed by atoms with Crippen LogP contribution in [0.1, 0.15) is 239 Å². The Hall–Kier alpha value is -2.96. The minimum atomic E-state index is -0.816. The van der Waals surface area contributed by atoms with Gasteiger partial charge in [0.05, 0.1) is 25.2 Å². The highest BCUT2D eigenvalue weighted by Crippen LogP contribution is 2.17. The highest BCUT2D eigenvalue weighted by Gasteiger charge is 2.24. The van der Waals surface area contributed by atoms with E-state index < -0.39 is 18.2 Å². The van der Waals surface area contributed by atoms with E-state index in [1.54, 1.807) is 0 Å². The van der Waals surface area contributed by atoms with Crippen LogP contribution < -0.4 is 5.32 Å². The minimum Gasteiger partial charge on any atom is -0.462 e. The highest BCUT2D eigenvalue weighted by atomic mass is 16.5. The molecule has 6 heteroatoms. The molecule has 63 heavy (non-hydrogen) atoms. The van der Waals surface area contributed by atoms with Gasteiger partial charge in [-0.2, -0.15) is 0 Å². The predicted octanol–water partition coefficient (Wildman–Crippen LogP) is 16.0. The van der Waals surface area contributed by atoms with Crippen molar-refractivity contribution in [2.75, 3.05) is 6.61 Å². The third kappa shape index (κ3) is 45.4. The van der Waals surface area contributed by atoms with Crippen molar-refractivity contribution in [1.82, 2.24) is 5.32 Å². The van der Waals surface area contributed by atoms with Crippen LogP contribution in [0.2, 0.25) is 0 Å². The van der Waals surface area contributed by atoms with Gasteiger partial charge in [0.1, 0.15) is 6.10 Å². The summed E-state index contributed by atoms with van der Waals surface area (Å²) in [6, 6.07) is -0.735. The number of allylic oxidation sites excluding steroid dienone is 14. The zero-order chi connectivity index (χ0) is 45.9. The Labute approximate surface area is 389 Å². The molecule has 0 aliphatic rings. The summed E-state index contributed by atoms with van der Waals surface area (Å²) in [7, 11) is 0. The van der Waals surface area contributed by atoms with E-state index in [9.17, 15) is 19.8 Å². The van der Waals surface area contributed by atoms with Crippen molar-refractivity contribution >= 4 is 11.9 Å². The summed E-state index contributed by atoms with van der Waals surface area (Å²) in [5.41, 5.74) is 0. The number of carbonyl (C=O) groups is 2. The van der Waals surface area contributed by atoms with Crippen LogP contribution in [0.15, 0.2) is 85.1 Å². The quantitative estimate of drug-likeness (QED) is 0.0322. The van der Waals surface area contributed by atoms with Crippen LogP contribution in [0, 0.1) is 0 Å². The molecule has 0 aliphatic carbocycles. The van der Waals surface area contributed by atoms with Gasteiger partial charge in [-0.15, -0.1) is 0 Å². The molecule has 0 aliphatic heterocycles. The van der Waals surface area contributed by atoms with E-state index in [4.69, 9.17) is 4.74 Å². The van der Waals surface area contributed by atoms with E-state index in [0.717, 1.165) is 51.4 Å². The van der Waals surface area contributed by atoms with Crippen LogP contribution in [0.25, 0.3) is 0 Å². The molecule has 0 fully saturated rings. The lowest BCUT2D eigenvalue weighted by molar-refractivity contribution is -0.151. The summed E-state index contributed by atoms with van der Waals surface area (Å²) in [6.07, 6.45) is 65.1. The Morgan fingerprint density at radius 3 is 1.35 bits per heavy atom. The number of nitrogens with one attached hydrogen (secondary N) is 1. The Kier molecular flexibility index (Phi) is 47.7. The topological polar surface area (TPSA) is 95.9 Å². The third-order valence-corrected chi connectivity index (χ3v) is 11.6. The Morgan fingerprint density at radius 1 is 0.476 bits per heavy atom. The molecule has 0 saturated carbocycles. The molecule has 0 saturated heterocycles. The summed E-state index contributed by atoms with van der Waals surface area (Å²) < 4.78 is 5.86. The van der Waals surface area contributed by atoms with Crippen molar-refractivity contribution in [2.45, 2.75) is 257 Å². The Morgan fingerprint density at radius 2 is 0.873 bits per heavy atom. The smallest absolute Gasteiger partial charge is 0.306 e. The van der Waals surface area contributed by atoms with Gasteiger partial charge in [-0.05, 0) is 57.8 Å². The van der Waals surface area contributed by atoms with E-state index in [0.29, 0.717) is 19.3 Å². The molecule has 0 aromatic carbocycles. The maximum absolute atomic E-state index is 13.2. The second-order valence-electron chi connectivity index (χ2n) is 17.7. The lowest BCUT2D eigenvalue weighted by Crippen LogP contribution is -2.46. The van der Waals surface area contributed by atoms with E-state index >= 15 is 0 Å². The first-order valence-corrected chi connectivity index (χ1v) is 26.4. The number of hydrogen-bond acceptors (Lipinski definition) is 5. The fourth-order valence-electron chi connectivity index (χ4n) is 7.63. The SMILES string of the molecule is CC/C=C/C=C/C=C\C=C/C=C/CCCC(=O)OC(CCC/C=C/C=C/CCCCCCCCC)CC(=O)NC(CO)C(O)CCCCCCCCCCCCCCCCCCC. The second kappa shape index (κ2) is 50.0. The van der Waals surface area contributed by atoms with Crippen LogP contribution >= 0.6 is 0 Å². The monoisotopic (exact) mass is 878 g/mol. The lowest BCUT2D eigenvalue weighted by atomic mass is 10.0. The molecule has 3 atom stereocenters. The number of aliphatic hydroxyl groups is 2. The minimum absolute atomic E-state index is 0.0123. The van der Waals surface area contributed by atoms with Crippen molar-refractivity contribution < 1.29 is 24.5 Å². The summed E-state index contributed by atoms with van der Waals surface area (Å²) >= 11 is 0. The van der Waals surface area contributed by atoms with Crippen LogP contribution in [-0.4, -0.2) is 46.9 Å². The molecule has 0 bridgehead atoms. The zero-order valence-electron chi connectivity index (χ0n) is 41.2. The number of unbranched alkanes of at least 4 members (excludes halogenated alkanes) is 25. The first kappa shape index (κ1) is 60.0.